The van der Waals surface area contributed by atoms with Crippen LogP contribution in [0.1, 0.15) is 12.6 Å². The van der Waals surface area contributed by atoms with Gasteiger partial charge < -0.3 is 10.4 Å². The molecule has 0 spiro atoms. The van der Waals surface area contributed by atoms with Crippen molar-refractivity contribution in [2.75, 3.05) is 6.61 Å². The van der Waals surface area contributed by atoms with Gasteiger partial charge in [0.25, 0.3) is 0 Å². The fourth-order valence-corrected chi connectivity index (χ4v) is 1.40. The number of hydrogen-bond acceptors (Lipinski definition) is 4. The Labute approximate surface area is 100 Å². The SMILES string of the molecule is C[C@H](CO)NCc1cnn(-c2ccccc2)n1. The van der Waals surface area contributed by atoms with E-state index in [1.54, 1.807) is 11.0 Å². The van der Waals surface area contributed by atoms with Crippen LogP contribution in [0.5, 0.6) is 0 Å². The topological polar surface area (TPSA) is 63.0 Å². The van der Waals surface area contributed by atoms with Gasteiger partial charge in [-0.05, 0) is 19.1 Å². The maximum Gasteiger partial charge on any atom is 0.0969 e. The number of para-hydroxylation sites is 1. The van der Waals surface area contributed by atoms with Gasteiger partial charge in [-0.1, -0.05) is 18.2 Å². The van der Waals surface area contributed by atoms with Crippen LogP contribution in [0.2, 0.25) is 0 Å². The van der Waals surface area contributed by atoms with Crippen LogP contribution < -0.4 is 5.32 Å². The van der Waals surface area contributed by atoms with E-state index in [2.05, 4.69) is 15.5 Å². The summed E-state index contributed by atoms with van der Waals surface area (Å²) in [5.74, 6) is 0. The summed E-state index contributed by atoms with van der Waals surface area (Å²) in [7, 11) is 0. The molecule has 90 valence electrons. The summed E-state index contributed by atoms with van der Waals surface area (Å²) in [4.78, 5) is 1.60. The van der Waals surface area contributed by atoms with Gasteiger partial charge >= 0.3 is 0 Å². The molecule has 5 nitrogen and oxygen atoms in total. The quantitative estimate of drug-likeness (QED) is 0.798. The number of hydrogen-bond donors (Lipinski definition) is 2. The van der Waals surface area contributed by atoms with Crippen molar-refractivity contribution in [1.82, 2.24) is 20.3 Å². The lowest BCUT2D eigenvalue weighted by Gasteiger charge is -2.07. The summed E-state index contributed by atoms with van der Waals surface area (Å²) in [6, 6.07) is 9.82. The minimum Gasteiger partial charge on any atom is -0.395 e. The van der Waals surface area contributed by atoms with Crippen molar-refractivity contribution >= 4 is 0 Å². The molecule has 1 heterocycles. The zero-order valence-electron chi connectivity index (χ0n) is 9.74. The average Bonchev–Trinajstić information content (AvgIpc) is 2.86. The van der Waals surface area contributed by atoms with Gasteiger partial charge in [0, 0.05) is 12.6 Å². The molecule has 0 aliphatic heterocycles. The molecule has 0 amide bonds. The lowest BCUT2D eigenvalue weighted by molar-refractivity contribution is 0.250. The highest BCUT2D eigenvalue weighted by molar-refractivity contribution is 5.28. The molecule has 0 aliphatic rings. The van der Waals surface area contributed by atoms with E-state index in [1.165, 1.54) is 0 Å². The smallest absolute Gasteiger partial charge is 0.0969 e. The van der Waals surface area contributed by atoms with Gasteiger partial charge in [0.2, 0.25) is 0 Å². The summed E-state index contributed by atoms with van der Waals surface area (Å²) in [6.07, 6.45) is 1.73. The molecule has 0 saturated carbocycles. The van der Waals surface area contributed by atoms with Gasteiger partial charge in [-0.3, -0.25) is 0 Å². The number of aliphatic hydroxyl groups excluding tert-OH is 1. The second kappa shape index (κ2) is 5.56. The Morgan fingerprint density at radius 3 is 2.82 bits per heavy atom. The first kappa shape index (κ1) is 11.8. The van der Waals surface area contributed by atoms with Gasteiger partial charge in [0.1, 0.15) is 0 Å². The van der Waals surface area contributed by atoms with Crippen molar-refractivity contribution in [2.24, 2.45) is 0 Å². The van der Waals surface area contributed by atoms with Crippen LogP contribution in [0.25, 0.3) is 5.69 Å². The average molecular weight is 232 g/mol. The minimum absolute atomic E-state index is 0.0666. The number of rotatable bonds is 5. The van der Waals surface area contributed by atoms with Crippen LogP contribution in [0, 0.1) is 0 Å². The van der Waals surface area contributed by atoms with Crippen LogP contribution in [0.15, 0.2) is 36.5 Å². The van der Waals surface area contributed by atoms with Gasteiger partial charge in [0.15, 0.2) is 0 Å². The Morgan fingerprint density at radius 2 is 2.12 bits per heavy atom. The highest BCUT2D eigenvalue weighted by Crippen LogP contribution is 2.04. The van der Waals surface area contributed by atoms with Crippen LogP contribution in [-0.2, 0) is 6.54 Å². The summed E-state index contributed by atoms with van der Waals surface area (Å²) in [5, 5.41) is 20.6. The Kier molecular flexibility index (Phi) is 3.85. The van der Waals surface area contributed by atoms with Gasteiger partial charge in [0.05, 0.1) is 24.2 Å². The number of aliphatic hydroxyl groups is 1. The molecule has 0 bridgehead atoms. The molecule has 17 heavy (non-hydrogen) atoms. The van der Waals surface area contributed by atoms with E-state index in [0.29, 0.717) is 6.54 Å². The summed E-state index contributed by atoms with van der Waals surface area (Å²) < 4.78 is 0. The molecule has 2 N–H and O–H groups in total. The third-order valence-electron chi connectivity index (χ3n) is 2.43. The largest absolute Gasteiger partial charge is 0.395 e. The minimum atomic E-state index is 0.0666. The molecule has 0 unspecified atom stereocenters. The van der Waals surface area contributed by atoms with Crippen LogP contribution in [0.3, 0.4) is 0 Å². The van der Waals surface area contributed by atoms with E-state index in [9.17, 15) is 0 Å². The van der Waals surface area contributed by atoms with Crippen molar-refractivity contribution < 1.29 is 5.11 Å². The first-order chi connectivity index (χ1) is 8.29. The van der Waals surface area contributed by atoms with Gasteiger partial charge in [-0.25, -0.2) is 0 Å². The zero-order chi connectivity index (χ0) is 12.1. The molecule has 0 aliphatic carbocycles. The maximum atomic E-state index is 8.89. The monoisotopic (exact) mass is 232 g/mol. The summed E-state index contributed by atoms with van der Waals surface area (Å²) in [6.45, 7) is 2.64. The lowest BCUT2D eigenvalue weighted by atomic mass is 10.3. The zero-order valence-corrected chi connectivity index (χ0v) is 9.74. The van der Waals surface area contributed by atoms with Crippen molar-refractivity contribution in [1.29, 1.82) is 0 Å². The number of benzene rings is 1. The number of nitrogens with zero attached hydrogens (tertiary/aromatic N) is 3. The molecule has 1 aromatic carbocycles. The molecule has 5 heteroatoms. The molecule has 2 rings (SSSR count). The van der Waals surface area contributed by atoms with E-state index in [1.807, 2.05) is 37.3 Å². The molecular formula is C12H16N4O. The first-order valence-corrected chi connectivity index (χ1v) is 5.60. The van der Waals surface area contributed by atoms with E-state index in [0.717, 1.165) is 11.4 Å². The molecule has 0 radical (unpaired) electrons. The number of aromatic nitrogens is 3. The lowest BCUT2D eigenvalue weighted by Crippen LogP contribution is -2.28. The summed E-state index contributed by atoms with van der Waals surface area (Å²) in [5.41, 5.74) is 1.79. The van der Waals surface area contributed by atoms with Crippen molar-refractivity contribution in [2.45, 2.75) is 19.5 Å². The van der Waals surface area contributed by atoms with Gasteiger partial charge in [-0.2, -0.15) is 15.0 Å². The fraction of sp³-hybridized carbons (Fsp3) is 0.333. The van der Waals surface area contributed by atoms with Crippen LogP contribution in [0.4, 0.5) is 0 Å². The van der Waals surface area contributed by atoms with E-state index >= 15 is 0 Å². The van der Waals surface area contributed by atoms with Crippen LogP contribution in [-0.4, -0.2) is 32.7 Å². The van der Waals surface area contributed by atoms with Crippen molar-refractivity contribution in [3.05, 3.63) is 42.2 Å². The summed E-state index contributed by atoms with van der Waals surface area (Å²) >= 11 is 0. The molecule has 2 aromatic rings. The van der Waals surface area contributed by atoms with Crippen molar-refractivity contribution in [3.63, 3.8) is 0 Å². The normalized spacial score (nSPS) is 12.6. The third-order valence-corrected chi connectivity index (χ3v) is 2.43. The van der Waals surface area contributed by atoms with Crippen LogP contribution >= 0.6 is 0 Å². The van der Waals surface area contributed by atoms with Gasteiger partial charge in [-0.15, -0.1) is 0 Å². The second-order valence-corrected chi connectivity index (χ2v) is 3.93. The van der Waals surface area contributed by atoms with E-state index in [-0.39, 0.29) is 12.6 Å². The Bertz CT molecular complexity index is 455. The Balaban J connectivity index is 2.01. The fourth-order valence-electron chi connectivity index (χ4n) is 1.40. The standard InChI is InChI=1S/C12H16N4O/c1-10(9-17)13-7-11-8-14-16(15-11)12-5-3-2-4-6-12/h2-6,8,10,13,17H,7,9H2,1H3/t10-/m1/s1. The molecular weight excluding hydrogens is 216 g/mol. The maximum absolute atomic E-state index is 8.89. The highest BCUT2D eigenvalue weighted by Gasteiger charge is 2.04. The predicted octanol–water partition coefficient (Wildman–Crippen LogP) is 0.738. The highest BCUT2D eigenvalue weighted by atomic mass is 16.3. The number of nitrogens with one attached hydrogen (secondary N) is 1. The molecule has 1 aromatic heterocycles. The molecule has 1 atom stereocenters. The van der Waals surface area contributed by atoms with E-state index in [4.69, 9.17) is 5.11 Å². The molecule has 0 saturated heterocycles. The first-order valence-electron chi connectivity index (χ1n) is 5.60. The Hall–Kier alpha value is -1.72. The predicted molar refractivity (Wildman–Crippen MR) is 64.7 cm³/mol. The van der Waals surface area contributed by atoms with Crippen molar-refractivity contribution in [3.8, 4) is 5.69 Å². The van der Waals surface area contributed by atoms with E-state index < -0.39 is 0 Å². The Morgan fingerprint density at radius 1 is 1.35 bits per heavy atom. The molecule has 0 fully saturated rings. The second-order valence-electron chi connectivity index (χ2n) is 3.93. The third kappa shape index (κ3) is 3.12.